The minimum Gasteiger partial charge on any atom is -0.497 e. The molecular weight excluding hydrogens is 220 g/mol. The van der Waals surface area contributed by atoms with Crippen molar-refractivity contribution in [2.75, 3.05) is 26.8 Å². The Bertz CT molecular complexity index is 408. The number of nitrogens with two attached hydrogens (primary N) is 1. The molecule has 0 spiro atoms. The molecule has 92 valence electrons. The van der Waals surface area contributed by atoms with Crippen molar-refractivity contribution in [2.45, 2.75) is 6.04 Å². The van der Waals surface area contributed by atoms with E-state index < -0.39 is 0 Å². The number of carbonyl (C=O) groups is 1. The molecule has 0 aromatic heterocycles. The predicted molar refractivity (Wildman–Crippen MR) is 62.8 cm³/mol. The van der Waals surface area contributed by atoms with Crippen molar-refractivity contribution in [3.05, 3.63) is 29.8 Å². The van der Waals surface area contributed by atoms with Crippen molar-refractivity contribution in [3.63, 3.8) is 0 Å². The molecule has 1 amide bonds. The number of methoxy groups -OCH3 is 1. The second kappa shape index (κ2) is 5.05. The fourth-order valence-electron chi connectivity index (χ4n) is 1.81. The van der Waals surface area contributed by atoms with E-state index in [1.807, 2.05) is 24.3 Å². The second-order valence-corrected chi connectivity index (χ2v) is 3.94. The molecule has 1 aliphatic heterocycles. The van der Waals surface area contributed by atoms with Crippen LogP contribution in [0.15, 0.2) is 24.3 Å². The number of hydrogen-bond donors (Lipinski definition) is 1. The van der Waals surface area contributed by atoms with Gasteiger partial charge in [-0.2, -0.15) is 0 Å². The highest BCUT2D eigenvalue weighted by atomic mass is 16.6. The molecule has 0 saturated carbocycles. The zero-order valence-electron chi connectivity index (χ0n) is 9.76. The number of carbonyl (C=O) groups excluding carboxylic acids is 1. The topological polar surface area (TPSA) is 64.8 Å². The molecular formula is C12H16N2O3. The van der Waals surface area contributed by atoms with Crippen molar-refractivity contribution >= 4 is 6.09 Å². The number of ether oxygens (including phenoxy) is 2. The molecule has 1 aromatic carbocycles. The first-order valence-corrected chi connectivity index (χ1v) is 5.52. The van der Waals surface area contributed by atoms with Crippen molar-refractivity contribution < 1.29 is 14.3 Å². The number of hydrogen-bond acceptors (Lipinski definition) is 4. The fraction of sp³-hybridized carbons (Fsp3) is 0.417. The van der Waals surface area contributed by atoms with Gasteiger partial charge in [-0.1, -0.05) is 12.1 Å². The summed E-state index contributed by atoms with van der Waals surface area (Å²) in [5.74, 6) is 0.766. The minimum atomic E-state index is -0.289. The van der Waals surface area contributed by atoms with Gasteiger partial charge in [0.1, 0.15) is 12.4 Å². The summed E-state index contributed by atoms with van der Waals surface area (Å²) >= 11 is 0. The number of benzene rings is 1. The van der Waals surface area contributed by atoms with E-state index in [0.717, 1.165) is 11.3 Å². The third-order valence-corrected chi connectivity index (χ3v) is 2.78. The normalized spacial score (nSPS) is 16.8. The lowest BCUT2D eigenvalue weighted by Gasteiger charge is -2.19. The maximum atomic E-state index is 11.3. The predicted octanol–water partition coefficient (Wildman–Crippen LogP) is 1.15. The van der Waals surface area contributed by atoms with Crippen LogP contribution < -0.4 is 10.5 Å². The third kappa shape index (κ3) is 2.68. The average molecular weight is 236 g/mol. The van der Waals surface area contributed by atoms with E-state index in [4.69, 9.17) is 15.2 Å². The van der Waals surface area contributed by atoms with Crippen molar-refractivity contribution in [2.24, 2.45) is 5.73 Å². The molecule has 5 nitrogen and oxygen atoms in total. The van der Waals surface area contributed by atoms with Gasteiger partial charge in [0.05, 0.1) is 13.7 Å². The van der Waals surface area contributed by atoms with E-state index in [1.165, 1.54) is 0 Å². The third-order valence-electron chi connectivity index (χ3n) is 2.78. The van der Waals surface area contributed by atoms with Gasteiger partial charge in [0.2, 0.25) is 0 Å². The van der Waals surface area contributed by atoms with Crippen LogP contribution in [-0.2, 0) is 4.74 Å². The molecule has 5 heteroatoms. The lowest BCUT2D eigenvalue weighted by atomic mass is 10.1. The van der Waals surface area contributed by atoms with Gasteiger partial charge in [0, 0.05) is 12.6 Å². The first-order chi connectivity index (χ1) is 8.20. The van der Waals surface area contributed by atoms with E-state index in [-0.39, 0.29) is 12.1 Å². The standard InChI is InChI=1S/C12H16N2O3/c1-16-10-4-2-3-9(7-10)11(13)8-14-5-6-17-12(14)15/h2-4,7,11H,5-6,8,13H2,1H3. The Hall–Kier alpha value is -1.75. The molecule has 0 radical (unpaired) electrons. The van der Waals surface area contributed by atoms with E-state index in [9.17, 15) is 4.79 Å². The smallest absolute Gasteiger partial charge is 0.410 e. The van der Waals surface area contributed by atoms with Crippen LogP contribution in [0.4, 0.5) is 4.79 Å². The minimum absolute atomic E-state index is 0.226. The highest BCUT2D eigenvalue weighted by Crippen LogP contribution is 2.19. The Morgan fingerprint density at radius 1 is 1.59 bits per heavy atom. The van der Waals surface area contributed by atoms with E-state index in [0.29, 0.717) is 19.7 Å². The maximum absolute atomic E-state index is 11.3. The van der Waals surface area contributed by atoms with Crippen LogP contribution in [0.25, 0.3) is 0 Å². The molecule has 1 aromatic rings. The van der Waals surface area contributed by atoms with Crippen molar-refractivity contribution in [1.29, 1.82) is 0 Å². The summed E-state index contributed by atoms with van der Waals surface area (Å²) < 4.78 is 9.99. The number of cyclic esters (lactones) is 1. The Morgan fingerprint density at radius 3 is 3.06 bits per heavy atom. The van der Waals surface area contributed by atoms with Crippen LogP contribution in [0.1, 0.15) is 11.6 Å². The molecule has 17 heavy (non-hydrogen) atoms. The van der Waals surface area contributed by atoms with Crippen LogP contribution >= 0.6 is 0 Å². The van der Waals surface area contributed by atoms with Crippen LogP contribution in [0.2, 0.25) is 0 Å². The van der Waals surface area contributed by atoms with Gasteiger partial charge in [0.25, 0.3) is 0 Å². The Kier molecular flexibility index (Phi) is 3.49. The maximum Gasteiger partial charge on any atom is 0.410 e. The Balaban J connectivity index is 2.03. The summed E-state index contributed by atoms with van der Waals surface area (Å²) in [5, 5.41) is 0. The summed E-state index contributed by atoms with van der Waals surface area (Å²) in [5.41, 5.74) is 7.00. The highest BCUT2D eigenvalue weighted by Gasteiger charge is 2.24. The lowest BCUT2D eigenvalue weighted by molar-refractivity contribution is 0.157. The van der Waals surface area contributed by atoms with Gasteiger partial charge in [-0.15, -0.1) is 0 Å². The highest BCUT2D eigenvalue weighted by molar-refractivity contribution is 5.69. The molecule has 1 heterocycles. The summed E-state index contributed by atoms with van der Waals surface area (Å²) in [6.45, 7) is 1.52. The average Bonchev–Trinajstić information content (AvgIpc) is 2.75. The molecule has 1 fully saturated rings. The molecule has 0 bridgehead atoms. The number of rotatable bonds is 4. The first kappa shape index (κ1) is 11.7. The van der Waals surface area contributed by atoms with E-state index >= 15 is 0 Å². The number of amides is 1. The summed E-state index contributed by atoms with van der Waals surface area (Å²) in [7, 11) is 1.61. The van der Waals surface area contributed by atoms with Gasteiger partial charge < -0.3 is 20.1 Å². The van der Waals surface area contributed by atoms with Gasteiger partial charge in [-0.25, -0.2) is 4.79 Å². The molecule has 0 aliphatic carbocycles. The molecule has 1 unspecified atom stereocenters. The van der Waals surface area contributed by atoms with Crippen molar-refractivity contribution in [1.82, 2.24) is 4.90 Å². The summed E-state index contributed by atoms with van der Waals surface area (Å²) in [4.78, 5) is 12.9. The van der Waals surface area contributed by atoms with Gasteiger partial charge in [-0.3, -0.25) is 0 Å². The summed E-state index contributed by atoms with van der Waals surface area (Å²) in [6, 6.07) is 7.33. The monoisotopic (exact) mass is 236 g/mol. The Morgan fingerprint density at radius 2 is 2.41 bits per heavy atom. The molecule has 1 atom stereocenters. The number of nitrogens with zero attached hydrogens (tertiary/aromatic N) is 1. The van der Waals surface area contributed by atoms with Gasteiger partial charge in [0.15, 0.2) is 0 Å². The SMILES string of the molecule is COc1cccc(C(N)CN2CCOC2=O)c1. The largest absolute Gasteiger partial charge is 0.497 e. The van der Waals surface area contributed by atoms with Crippen molar-refractivity contribution in [3.8, 4) is 5.75 Å². The van der Waals surface area contributed by atoms with Gasteiger partial charge >= 0.3 is 6.09 Å². The first-order valence-electron chi connectivity index (χ1n) is 5.52. The van der Waals surface area contributed by atoms with Crippen LogP contribution in [-0.4, -0.2) is 37.8 Å². The zero-order chi connectivity index (χ0) is 12.3. The molecule has 2 rings (SSSR count). The zero-order valence-corrected chi connectivity index (χ0v) is 9.76. The van der Waals surface area contributed by atoms with E-state index in [1.54, 1.807) is 12.0 Å². The lowest BCUT2D eigenvalue weighted by Crippen LogP contribution is -2.32. The van der Waals surface area contributed by atoms with Gasteiger partial charge in [-0.05, 0) is 17.7 Å². The molecule has 2 N–H and O–H groups in total. The fourth-order valence-corrected chi connectivity index (χ4v) is 1.81. The van der Waals surface area contributed by atoms with E-state index in [2.05, 4.69) is 0 Å². The van der Waals surface area contributed by atoms with Crippen LogP contribution in [0.5, 0.6) is 5.75 Å². The summed E-state index contributed by atoms with van der Waals surface area (Å²) in [6.07, 6.45) is -0.289. The molecule has 1 aliphatic rings. The van der Waals surface area contributed by atoms with Crippen LogP contribution in [0.3, 0.4) is 0 Å². The quantitative estimate of drug-likeness (QED) is 0.851. The van der Waals surface area contributed by atoms with Crippen LogP contribution in [0, 0.1) is 0 Å². The Labute approximate surface area is 100 Å². The second-order valence-electron chi connectivity index (χ2n) is 3.94. The molecule has 1 saturated heterocycles.